The zero-order valence-corrected chi connectivity index (χ0v) is 21.8. The lowest BCUT2D eigenvalue weighted by molar-refractivity contribution is -0.0390. The van der Waals surface area contributed by atoms with Crippen LogP contribution in [0.5, 0.6) is 0 Å². The van der Waals surface area contributed by atoms with Gasteiger partial charge in [0.2, 0.25) is 0 Å². The van der Waals surface area contributed by atoms with Crippen molar-refractivity contribution in [3.05, 3.63) is 52.4 Å². The van der Waals surface area contributed by atoms with Crippen LogP contribution in [-0.2, 0) is 42.0 Å². The van der Waals surface area contributed by atoms with E-state index in [0.717, 1.165) is 68.4 Å². The molecule has 0 amide bonds. The Kier molecular flexibility index (Phi) is 12.0. The predicted octanol–water partition coefficient (Wildman–Crippen LogP) is 4.37. The second-order valence-electron chi connectivity index (χ2n) is 7.73. The SMILES string of the molecule is CCNC(=NCc1ccc(COC2CCOCC2)cc1)NCc1c(CC)noc1CC.I. The minimum absolute atomic E-state index is 0. The van der Waals surface area contributed by atoms with Gasteiger partial charge in [-0.15, -0.1) is 24.0 Å². The molecule has 178 valence electrons. The predicted molar refractivity (Wildman–Crippen MR) is 137 cm³/mol. The van der Waals surface area contributed by atoms with Crippen LogP contribution in [0.25, 0.3) is 0 Å². The van der Waals surface area contributed by atoms with E-state index in [0.29, 0.717) is 25.8 Å². The zero-order chi connectivity index (χ0) is 21.9. The van der Waals surface area contributed by atoms with Gasteiger partial charge < -0.3 is 24.6 Å². The Morgan fingerprint density at radius 3 is 2.44 bits per heavy atom. The Bertz CT molecular complexity index is 796. The van der Waals surface area contributed by atoms with E-state index in [-0.39, 0.29) is 24.0 Å². The molecule has 1 aliphatic heterocycles. The van der Waals surface area contributed by atoms with Crippen LogP contribution in [-0.4, -0.2) is 37.0 Å². The lowest BCUT2D eigenvalue weighted by Gasteiger charge is -2.22. The first-order chi connectivity index (χ1) is 15.2. The lowest BCUT2D eigenvalue weighted by atomic mass is 10.1. The number of rotatable bonds is 10. The molecule has 0 atom stereocenters. The number of benzene rings is 1. The van der Waals surface area contributed by atoms with Crippen molar-refractivity contribution in [2.45, 2.75) is 72.3 Å². The van der Waals surface area contributed by atoms with Crippen molar-refractivity contribution < 1.29 is 14.0 Å². The summed E-state index contributed by atoms with van der Waals surface area (Å²) in [4.78, 5) is 4.74. The quantitative estimate of drug-likeness (QED) is 0.257. The number of halogens is 1. The summed E-state index contributed by atoms with van der Waals surface area (Å²) in [5, 5.41) is 10.9. The molecule has 0 spiro atoms. The van der Waals surface area contributed by atoms with Crippen LogP contribution >= 0.6 is 24.0 Å². The molecule has 8 heteroatoms. The molecular weight excluding hydrogens is 519 g/mol. The van der Waals surface area contributed by atoms with E-state index < -0.39 is 0 Å². The van der Waals surface area contributed by atoms with Crippen molar-refractivity contribution in [1.29, 1.82) is 0 Å². The van der Waals surface area contributed by atoms with Gasteiger partial charge in [-0.25, -0.2) is 4.99 Å². The zero-order valence-electron chi connectivity index (χ0n) is 19.5. The van der Waals surface area contributed by atoms with E-state index in [2.05, 4.69) is 60.8 Å². The third kappa shape index (κ3) is 8.04. The number of ether oxygens (including phenoxy) is 2. The molecule has 0 aliphatic carbocycles. The summed E-state index contributed by atoms with van der Waals surface area (Å²) in [6, 6.07) is 8.51. The van der Waals surface area contributed by atoms with Gasteiger partial charge in [-0.2, -0.15) is 0 Å². The monoisotopic (exact) mass is 556 g/mol. The number of hydrogen-bond acceptors (Lipinski definition) is 5. The molecule has 1 saturated heterocycles. The molecule has 2 aromatic rings. The average Bonchev–Trinajstić information content (AvgIpc) is 3.23. The highest BCUT2D eigenvalue weighted by Gasteiger charge is 2.14. The van der Waals surface area contributed by atoms with E-state index in [9.17, 15) is 0 Å². The molecular formula is C24H37IN4O3. The van der Waals surface area contributed by atoms with Crippen molar-refractivity contribution in [2.24, 2.45) is 4.99 Å². The summed E-state index contributed by atoms with van der Waals surface area (Å²) < 4.78 is 16.8. The van der Waals surface area contributed by atoms with Gasteiger partial charge in [0.05, 0.1) is 24.9 Å². The Morgan fingerprint density at radius 1 is 1.06 bits per heavy atom. The third-order valence-corrected chi connectivity index (χ3v) is 5.48. The second kappa shape index (κ2) is 14.5. The summed E-state index contributed by atoms with van der Waals surface area (Å²) >= 11 is 0. The second-order valence-corrected chi connectivity index (χ2v) is 7.73. The van der Waals surface area contributed by atoms with Gasteiger partial charge >= 0.3 is 0 Å². The van der Waals surface area contributed by atoms with E-state index >= 15 is 0 Å². The first-order valence-electron chi connectivity index (χ1n) is 11.5. The minimum Gasteiger partial charge on any atom is -0.381 e. The maximum Gasteiger partial charge on any atom is 0.191 e. The molecule has 0 unspecified atom stereocenters. The number of nitrogens with zero attached hydrogens (tertiary/aromatic N) is 2. The van der Waals surface area contributed by atoms with Crippen LogP contribution in [0.4, 0.5) is 0 Å². The van der Waals surface area contributed by atoms with Gasteiger partial charge in [-0.05, 0) is 37.3 Å². The van der Waals surface area contributed by atoms with E-state index in [4.69, 9.17) is 19.0 Å². The Morgan fingerprint density at radius 2 is 1.78 bits per heavy atom. The molecule has 2 N–H and O–H groups in total. The van der Waals surface area contributed by atoms with Gasteiger partial charge in [0.15, 0.2) is 5.96 Å². The molecule has 0 saturated carbocycles. The van der Waals surface area contributed by atoms with Crippen LogP contribution in [0, 0.1) is 0 Å². The molecule has 1 aromatic heterocycles. The van der Waals surface area contributed by atoms with Crippen LogP contribution in [0.15, 0.2) is 33.8 Å². The van der Waals surface area contributed by atoms with Crippen molar-refractivity contribution in [3.8, 4) is 0 Å². The van der Waals surface area contributed by atoms with Crippen molar-refractivity contribution in [1.82, 2.24) is 15.8 Å². The van der Waals surface area contributed by atoms with Gasteiger partial charge in [-0.3, -0.25) is 0 Å². The van der Waals surface area contributed by atoms with Crippen LogP contribution < -0.4 is 10.6 Å². The van der Waals surface area contributed by atoms with E-state index in [1.165, 1.54) is 11.1 Å². The third-order valence-electron chi connectivity index (χ3n) is 5.48. The standard InChI is InChI=1S/C24H36N4O3.HI/c1-4-22-21(23(5-2)31-28-22)16-27-24(25-6-3)26-15-18-7-9-19(10-8-18)17-30-20-11-13-29-14-12-20;/h7-10,20H,4-6,11-17H2,1-3H3,(H2,25,26,27);1H. The summed E-state index contributed by atoms with van der Waals surface area (Å²) in [5.74, 6) is 1.73. The summed E-state index contributed by atoms with van der Waals surface area (Å²) in [6.45, 7) is 10.6. The van der Waals surface area contributed by atoms with Crippen molar-refractivity contribution >= 4 is 29.9 Å². The van der Waals surface area contributed by atoms with Gasteiger partial charge in [0.25, 0.3) is 0 Å². The number of guanidine groups is 1. The minimum atomic E-state index is 0. The van der Waals surface area contributed by atoms with E-state index in [1.54, 1.807) is 0 Å². The first-order valence-corrected chi connectivity index (χ1v) is 11.5. The fourth-order valence-corrected chi connectivity index (χ4v) is 3.62. The highest BCUT2D eigenvalue weighted by atomic mass is 127. The topological polar surface area (TPSA) is 80.9 Å². The lowest BCUT2D eigenvalue weighted by Crippen LogP contribution is -2.37. The van der Waals surface area contributed by atoms with Crippen molar-refractivity contribution in [2.75, 3.05) is 19.8 Å². The van der Waals surface area contributed by atoms with Gasteiger partial charge in [-0.1, -0.05) is 43.3 Å². The molecule has 0 radical (unpaired) electrons. The molecule has 1 aliphatic rings. The van der Waals surface area contributed by atoms with Crippen LogP contribution in [0.1, 0.15) is 61.8 Å². The Balaban J connectivity index is 0.00000363. The number of aliphatic imine (C=N–C) groups is 1. The first kappa shape index (κ1) is 26.6. The number of hydrogen-bond donors (Lipinski definition) is 2. The summed E-state index contributed by atoms with van der Waals surface area (Å²) in [7, 11) is 0. The Labute approximate surface area is 208 Å². The molecule has 32 heavy (non-hydrogen) atoms. The summed E-state index contributed by atoms with van der Waals surface area (Å²) in [6.07, 6.45) is 3.99. The molecule has 1 fully saturated rings. The van der Waals surface area contributed by atoms with Crippen LogP contribution in [0.3, 0.4) is 0 Å². The fourth-order valence-electron chi connectivity index (χ4n) is 3.62. The molecule has 2 heterocycles. The average molecular weight is 556 g/mol. The maximum atomic E-state index is 6.00. The van der Waals surface area contributed by atoms with Gasteiger partial charge in [0, 0.05) is 38.3 Å². The highest BCUT2D eigenvalue weighted by molar-refractivity contribution is 14.0. The van der Waals surface area contributed by atoms with Gasteiger partial charge in [0.1, 0.15) is 5.76 Å². The molecule has 0 bridgehead atoms. The Hall–Kier alpha value is -1.65. The fraction of sp³-hybridized carbons (Fsp3) is 0.583. The largest absolute Gasteiger partial charge is 0.381 e. The maximum absolute atomic E-state index is 6.00. The smallest absolute Gasteiger partial charge is 0.191 e. The molecule has 3 rings (SSSR count). The van der Waals surface area contributed by atoms with Crippen molar-refractivity contribution in [3.63, 3.8) is 0 Å². The molecule has 7 nitrogen and oxygen atoms in total. The normalized spacial score (nSPS) is 14.8. The number of aryl methyl sites for hydroxylation is 2. The highest BCUT2D eigenvalue weighted by Crippen LogP contribution is 2.16. The van der Waals surface area contributed by atoms with E-state index in [1.807, 2.05) is 0 Å². The number of nitrogens with one attached hydrogen (secondary N) is 2. The molecule has 1 aromatic carbocycles. The summed E-state index contributed by atoms with van der Waals surface area (Å²) in [5.41, 5.74) is 4.51. The van der Waals surface area contributed by atoms with Crippen LogP contribution in [0.2, 0.25) is 0 Å². The number of aromatic nitrogens is 1.